The summed E-state index contributed by atoms with van der Waals surface area (Å²) in [6.45, 7) is -0.248. The summed E-state index contributed by atoms with van der Waals surface area (Å²) in [5.41, 5.74) is -1.13. The largest absolute Gasteiger partial charge is 0.417 e. The van der Waals surface area contributed by atoms with Crippen molar-refractivity contribution in [2.75, 3.05) is 31.2 Å². The van der Waals surface area contributed by atoms with Gasteiger partial charge in [-0.25, -0.2) is 0 Å². The van der Waals surface area contributed by atoms with Crippen LogP contribution < -0.4 is 9.50 Å². The third-order valence-corrected chi connectivity index (χ3v) is 5.12. The number of benzene rings is 2. The number of carbonyl (C=O) groups excluding carboxylic acids is 1. The van der Waals surface area contributed by atoms with Gasteiger partial charge in [-0.15, -0.1) is 0 Å². The zero-order chi connectivity index (χ0) is 21.7. The second-order valence-corrected chi connectivity index (χ2v) is 8.23. The monoisotopic (exact) mass is 450 g/mol. The zero-order valence-electron chi connectivity index (χ0n) is 15.2. The number of halogens is 4. The molecule has 0 aliphatic heterocycles. The maximum atomic E-state index is 12.9. The first-order valence-electron chi connectivity index (χ1n) is 8.28. The van der Waals surface area contributed by atoms with Gasteiger partial charge in [0, 0.05) is 12.2 Å². The van der Waals surface area contributed by atoms with E-state index in [1.165, 1.54) is 30.1 Å². The van der Waals surface area contributed by atoms with Crippen LogP contribution in [0.3, 0.4) is 0 Å². The van der Waals surface area contributed by atoms with Crippen LogP contribution in [0.2, 0.25) is 5.02 Å². The van der Waals surface area contributed by atoms with Crippen molar-refractivity contribution in [2.45, 2.75) is 6.18 Å². The molecule has 1 amide bonds. The first kappa shape index (κ1) is 23.0. The van der Waals surface area contributed by atoms with Gasteiger partial charge >= 0.3 is 16.3 Å². The fourth-order valence-electron chi connectivity index (χ4n) is 2.28. The van der Waals surface area contributed by atoms with Crippen molar-refractivity contribution in [3.05, 3.63) is 59.1 Å². The molecule has 1 N–H and O–H groups in total. The topological polar surface area (TPSA) is 75.7 Å². The van der Waals surface area contributed by atoms with Crippen LogP contribution in [0.15, 0.2) is 48.5 Å². The Hall–Kier alpha value is -2.30. The molecule has 2 aromatic rings. The lowest BCUT2D eigenvalue weighted by molar-refractivity contribution is -0.137. The molecule has 0 saturated carbocycles. The van der Waals surface area contributed by atoms with E-state index in [0.717, 1.165) is 12.1 Å². The molecule has 0 bridgehead atoms. The van der Waals surface area contributed by atoms with Gasteiger partial charge in [-0.05, 0) is 37.4 Å². The number of hydrogen-bond donors (Lipinski definition) is 1. The van der Waals surface area contributed by atoms with E-state index in [0.29, 0.717) is 0 Å². The highest BCUT2D eigenvalue weighted by molar-refractivity contribution is 7.87. The van der Waals surface area contributed by atoms with Gasteiger partial charge in [0.2, 0.25) is 5.91 Å². The predicted octanol–water partition coefficient (Wildman–Crippen LogP) is 3.64. The number of rotatable bonds is 8. The van der Waals surface area contributed by atoms with Crippen LogP contribution in [-0.2, 0) is 21.1 Å². The summed E-state index contributed by atoms with van der Waals surface area (Å²) in [6, 6.07) is 11.0. The zero-order valence-corrected chi connectivity index (χ0v) is 16.8. The molecule has 6 nitrogen and oxygen atoms in total. The SMILES string of the molecule is CN(CCS(=O)(=O)Oc1ccccc1)CC(=O)Nc1ccc(Cl)c(C(F)(F)F)c1. The summed E-state index contributed by atoms with van der Waals surface area (Å²) in [5, 5.41) is 1.85. The summed E-state index contributed by atoms with van der Waals surface area (Å²) in [7, 11) is -2.36. The molecule has 158 valence electrons. The number of alkyl halides is 3. The van der Waals surface area contributed by atoms with Gasteiger partial charge in [0.15, 0.2) is 0 Å². The minimum atomic E-state index is -4.65. The Bertz CT molecular complexity index is 953. The van der Waals surface area contributed by atoms with Gasteiger partial charge in [0.1, 0.15) is 5.75 Å². The van der Waals surface area contributed by atoms with Gasteiger partial charge in [-0.2, -0.15) is 21.6 Å². The Morgan fingerprint density at radius 2 is 1.83 bits per heavy atom. The van der Waals surface area contributed by atoms with E-state index in [4.69, 9.17) is 15.8 Å². The Kier molecular flexibility index (Phi) is 7.50. The number of anilines is 1. The van der Waals surface area contributed by atoms with Crippen LogP contribution in [0, 0.1) is 0 Å². The molecular formula is C18H18ClF3N2O4S. The maximum Gasteiger partial charge on any atom is 0.417 e. The molecule has 0 radical (unpaired) electrons. The second-order valence-electron chi connectivity index (χ2n) is 6.14. The van der Waals surface area contributed by atoms with Crippen LogP contribution in [0.5, 0.6) is 5.75 Å². The number of carbonyl (C=O) groups is 1. The Morgan fingerprint density at radius 3 is 2.45 bits per heavy atom. The summed E-state index contributed by atoms with van der Waals surface area (Å²) < 4.78 is 67.5. The highest BCUT2D eigenvalue weighted by Crippen LogP contribution is 2.36. The molecule has 29 heavy (non-hydrogen) atoms. The summed E-state index contributed by atoms with van der Waals surface area (Å²) in [6.07, 6.45) is -4.65. The van der Waals surface area contributed by atoms with E-state index in [-0.39, 0.29) is 30.3 Å². The van der Waals surface area contributed by atoms with Crippen LogP contribution in [0.4, 0.5) is 18.9 Å². The molecule has 0 fully saturated rings. The number of nitrogens with zero attached hydrogens (tertiary/aromatic N) is 1. The van der Waals surface area contributed by atoms with Crippen molar-refractivity contribution in [3.8, 4) is 5.75 Å². The van der Waals surface area contributed by atoms with E-state index >= 15 is 0 Å². The number of nitrogens with one attached hydrogen (secondary N) is 1. The number of amides is 1. The fraction of sp³-hybridized carbons (Fsp3) is 0.278. The van der Waals surface area contributed by atoms with Crippen LogP contribution >= 0.6 is 11.6 Å². The first-order chi connectivity index (χ1) is 13.5. The van der Waals surface area contributed by atoms with Crippen molar-refractivity contribution in [1.82, 2.24) is 4.90 Å². The van der Waals surface area contributed by atoms with E-state index in [1.807, 2.05) is 0 Å². The van der Waals surface area contributed by atoms with E-state index < -0.39 is 32.8 Å². The summed E-state index contributed by atoms with van der Waals surface area (Å²) >= 11 is 5.53. The molecular weight excluding hydrogens is 433 g/mol. The molecule has 2 aromatic carbocycles. The lowest BCUT2D eigenvalue weighted by Gasteiger charge is -2.17. The minimum Gasteiger partial charge on any atom is -0.382 e. The molecule has 0 heterocycles. The van der Waals surface area contributed by atoms with Gasteiger partial charge in [0.25, 0.3) is 0 Å². The Labute approximate surface area is 171 Å². The van der Waals surface area contributed by atoms with Crippen molar-refractivity contribution in [3.63, 3.8) is 0 Å². The average molecular weight is 451 g/mol. The van der Waals surface area contributed by atoms with E-state index in [1.54, 1.807) is 18.2 Å². The van der Waals surface area contributed by atoms with Gasteiger partial charge in [-0.1, -0.05) is 29.8 Å². The quantitative estimate of drug-likeness (QED) is 0.621. The smallest absolute Gasteiger partial charge is 0.382 e. The average Bonchev–Trinajstić information content (AvgIpc) is 2.61. The van der Waals surface area contributed by atoms with Crippen molar-refractivity contribution in [2.24, 2.45) is 0 Å². The molecule has 2 rings (SSSR count). The van der Waals surface area contributed by atoms with Crippen LogP contribution in [0.25, 0.3) is 0 Å². The van der Waals surface area contributed by atoms with Gasteiger partial charge in [-0.3, -0.25) is 9.69 Å². The lowest BCUT2D eigenvalue weighted by atomic mass is 10.2. The molecule has 0 aliphatic carbocycles. The molecule has 11 heteroatoms. The number of hydrogen-bond acceptors (Lipinski definition) is 5. The minimum absolute atomic E-state index is 0.0169. The number of likely N-dealkylation sites (N-methyl/N-ethyl adjacent to an activating group) is 1. The summed E-state index contributed by atoms with van der Waals surface area (Å²) in [4.78, 5) is 13.4. The highest BCUT2D eigenvalue weighted by Gasteiger charge is 2.33. The van der Waals surface area contributed by atoms with Crippen molar-refractivity contribution >= 4 is 33.3 Å². The van der Waals surface area contributed by atoms with Gasteiger partial charge in [0.05, 0.1) is 22.9 Å². The van der Waals surface area contributed by atoms with Crippen molar-refractivity contribution in [1.29, 1.82) is 0 Å². The van der Waals surface area contributed by atoms with E-state index in [2.05, 4.69) is 5.32 Å². The third-order valence-electron chi connectivity index (χ3n) is 3.66. The molecule has 0 aromatic heterocycles. The Morgan fingerprint density at radius 1 is 1.17 bits per heavy atom. The summed E-state index contributed by atoms with van der Waals surface area (Å²) in [5.74, 6) is -0.800. The lowest BCUT2D eigenvalue weighted by Crippen LogP contribution is -2.34. The first-order valence-corrected chi connectivity index (χ1v) is 10.2. The molecule has 0 spiro atoms. The highest BCUT2D eigenvalue weighted by atomic mass is 35.5. The molecule has 0 aliphatic rings. The molecule has 0 atom stereocenters. The van der Waals surface area contributed by atoms with Crippen molar-refractivity contribution < 1.29 is 30.6 Å². The molecule has 0 unspecified atom stereocenters. The van der Waals surface area contributed by atoms with E-state index in [9.17, 15) is 26.4 Å². The maximum absolute atomic E-state index is 12.9. The normalized spacial score (nSPS) is 12.1. The Balaban J connectivity index is 1.88. The second kappa shape index (κ2) is 9.47. The fourth-order valence-corrected chi connectivity index (χ4v) is 3.52. The standard InChI is InChI=1S/C18H18ClF3N2O4S/c1-24(9-10-29(26,27)28-14-5-3-2-4-6-14)12-17(25)23-13-7-8-16(19)15(11-13)18(20,21)22/h2-8,11H,9-10,12H2,1H3,(H,23,25). The van der Waals surface area contributed by atoms with Crippen LogP contribution in [0.1, 0.15) is 5.56 Å². The van der Waals surface area contributed by atoms with Crippen LogP contribution in [-0.4, -0.2) is 45.1 Å². The number of para-hydroxylation sites is 1. The molecule has 0 saturated heterocycles. The third kappa shape index (κ3) is 7.56. The van der Waals surface area contributed by atoms with Gasteiger partial charge < -0.3 is 9.50 Å². The predicted molar refractivity (Wildman–Crippen MR) is 103 cm³/mol.